The summed E-state index contributed by atoms with van der Waals surface area (Å²) in [5.74, 6) is 1.17. The molecule has 0 aromatic heterocycles. The highest BCUT2D eigenvalue weighted by Crippen LogP contribution is 2.31. The predicted octanol–water partition coefficient (Wildman–Crippen LogP) is 2.72. The van der Waals surface area contributed by atoms with Gasteiger partial charge in [-0.15, -0.1) is 0 Å². The number of amides is 1. The number of rotatable bonds is 3. The molecule has 1 saturated heterocycles. The number of carbonyl (C=O) groups is 1. The standard InChI is InChI=1S/C15H21NO3/c1-18-13-9-7-8-12(14(13)19-2)15(17)16-10-5-3-4-6-11-16/h7-9H,3-6,10-11H2,1-2H3. The zero-order valence-electron chi connectivity index (χ0n) is 11.6. The number of ether oxygens (including phenoxy) is 2. The van der Waals surface area contributed by atoms with Crippen LogP contribution in [0.25, 0.3) is 0 Å². The summed E-state index contributed by atoms with van der Waals surface area (Å²) in [6, 6.07) is 5.43. The molecule has 4 heteroatoms. The van der Waals surface area contributed by atoms with E-state index >= 15 is 0 Å². The van der Waals surface area contributed by atoms with Gasteiger partial charge in [0.25, 0.3) is 5.91 Å². The third-order valence-corrected chi connectivity index (χ3v) is 3.53. The number of hydrogen-bond donors (Lipinski definition) is 0. The number of methoxy groups -OCH3 is 2. The van der Waals surface area contributed by atoms with Crippen LogP contribution in [0.3, 0.4) is 0 Å². The van der Waals surface area contributed by atoms with Crippen molar-refractivity contribution in [2.75, 3.05) is 27.3 Å². The molecule has 0 saturated carbocycles. The fourth-order valence-electron chi connectivity index (χ4n) is 2.50. The molecule has 1 heterocycles. The summed E-state index contributed by atoms with van der Waals surface area (Å²) in [6.07, 6.45) is 4.58. The Balaban J connectivity index is 2.27. The van der Waals surface area contributed by atoms with Crippen molar-refractivity contribution in [3.63, 3.8) is 0 Å². The van der Waals surface area contributed by atoms with Gasteiger partial charge < -0.3 is 14.4 Å². The number of likely N-dealkylation sites (tertiary alicyclic amines) is 1. The van der Waals surface area contributed by atoms with Gasteiger partial charge in [0.05, 0.1) is 19.8 Å². The molecule has 4 nitrogen and oxygen atoms in total. The average molecular weight is 263 g/mol. The smallest absolute Gasteiger partial charge is 0.257 e. The summed E-state index contributed by atoms with van der Waals surface area (Å²) in [4.78, 5) is 14.5. The minimum Gasteiger partial charge on any atom is -0.493 e. The molecule has 0 atom stereocenters. The van der Waals surface area contributed by atoms with Crippen LogP contribution in [0.4, 0.5) is 0 Å². The fraction of sp³-hybridized carbons (Fsp3) is 0.533. The molecule has 1 amide bonds. The van der Waals surface area contributed by atoms with Gasteiger partial charge in [-0.25, -0.2) is 0 Å². The van der Waals surface area contributed by atoms with Crippen LogP contribution < -0.4 is 9.47 Å². The highest BCUT2D eigenvalue weighted by Gasteiger charge is 2.22. The lowest BCUT2D eigenvalue weighted by Crippen LogP contribution is -2.32. The fourth-order valence-corrected chi connectivity index (χ4v) is 2.50. The largest absolute Gasteiger partial charge is 0.493 e. The van der Waals surface area contributed by atoms with E-state index in [9.17, 15) is 4.79 Å². The van der Waals surface area contributed by atoms with Gasteiger partial charge in [0.1, 0.15) is 0 Å². The quantitative estimate of drug-likeness (QED) is 0.841. The molecule has 1 aliphatic heterocycles. The summed E-state index contributed by atoms with van der Waals surface area (Å²) in [5, 5.41) is 0. The Hall–Kier alpha value is -1.71. The SMILES string of the molecule is COc1cccc(C(=O)N2CCCCCC2)c1OC. The summed E-state index contributed by atoms with van der Waals surface area (Å²) in [7, 11) is 3.15. The second kappa shape index (κ2) is 6.45. The van der Waals surface area contributed by atoms with E-state index in [-0.39, 0.29) is 5.91 Å². The van der Waals surface area contributed by atoms with Crippen molar-refractivity contribution in [3.05, 3.63) is 23.8 Å². The van der Waals surface area contributed by atoms with Crippen LogP contribution in [0.15, 0.2) is 18.2 Å². The van der Waals surface area contributed by atoms with E-state index in [1.165, 1.54) is 12.8 Å². The predicted molar refractivity (Wildman–Crippen MR) is 73.9 cm³/mol. The third-order valence-electron chi connectivity index (χ3n) is 3.53. The number of benzene rings is 1. The number of hydrogen-bond acceptors (Lipinski definition) is 3. The number of carbonyl (C=O) groups excluding carboxylic acids is 1. The summed E-state index contributed by atoms with van der Waals surface area (Å²) < 4.78 is 10.6. The normalized spacial score (nSPS) is 15.8. The summed E-state index contributed by atoms with van der Waals surface area (Å²) >= 11 is 0. The van der Waals surface area contributed by atoms with Gasteiger partial charge in [-0.05, 0) is 25.0 Å². The zero-order valence-corrected chi connectivity index (χ0v) is 11.6. The molecule has 0 unspecified atom stereocenters. The van der Waals surface area contributed by atoms with E-state index in [1.54, 1.807) is 26.4 Å². The molecule has 1 aliphatic rings. The lowest BCUT2D eigenvalue weighted by molar-refractivity contribution is 0.0757. The molecular formula is C15H21NO3. The second-order valence-corrected chi connectivity index (χ2v) is 4.75. The summed E-state index contributed by atoms with van der Waals surface area (Å²) in [5.41, 5.74) is 0.587. The molecule has 0 bridgehead atoms. The summed E-state index contributed by atoms with van der Waals surface area (Å²) in [6.45, 7) is 1.67. The second-order valence-electron chi connectivity index (χ2n) is 4.75. The molecule has 0 spiro atoms. The van der Waals surface area contributed by atoms with Crippen molar-refractivity contribution in [2.24, 2.45) is 0 Å². The lowest BCUT2D eigenvalue weighted by Gasteiger charge is -2.22. The Bertz CT molecular complexity index is 437. The Kier molecular flexibility index (Phi) is 4.66. The van der Waals surface area contributed by atoms with Crippen LogP contribution in [-0.4, -0.2) is 38.1 Å². The van der Waals surface area contributed by atoms with Crippen LogP contribution in [0.5, 0.6) is 11.5 Å². The first kappa shape index (κ1) is 13.7. The van der Waals surface area contributed by atoms with E-state index in [0.717, 1.165) is 25.9 Å². The van der Waals surface area contributed by atoms with Crippen molar-refractivity contribution in [1.29, 1.82) is 0 Å². The number of para-hydroxylation sites is 1. The maximum Gasteiger partial charge on any atom is 0.257 e. The Morgan fingerprint density at radius 3 is 2.32 bits per heavy atom. The molecule has 2 rings (SSSR count). The van der Waals surface area contributed by atoms with Gasteiger partial charge >= 0.3 is 0 Å². The Labute approximate surface area is 114 Å². The van der Waals surface area contributed by atoms with Gasteiger partial charge in [-0.1, -0.05) is 18.9 Å². The van der Waals surface area contributed by atoms with Crippen molar-refractivity contribution in [3.8, 4) is 11.5 Å². The van der Waals surface area contributed by atoms with E-state index in [2.05, 4.69) is 0 Å². The molecular weight excluding hydrogens is 242 g/mol. The van der Waals surface area contributed by atoms with E-state index in [0.29, 0.717) is 17.1 Å². The first-order chi connectivity index (χ1) is 9.27. The maximum absolute atomic E-state index is 12.6. The van der Waals surface area contributed by atoms with Gasteiger partial charge in [0, 0.05) is 13.1 Å². The van der Waals surface area contributed by atoms with Crippen LogP contribution in [0, 0.1) is 0 Å². The molecule has 19 heavy (non-hydrogen) atoms. The molecule has 1 aromatic rings. The first-order valence-corrected chi connectivity index (χ1v) is 6.78. The molecule has 104 valence electrons. The molecule has 0 aliphatic carbocycles. The van der Waals surface area contributed by atoms with E-state index in [1.807, 2.05) is 11.0 Å². The van der Waals surface area contributed by atoms with Crippen LogP contribution in [0.1, 0.15) is 36.0 Å². The topological polar surface area (TPSA) is 38.8 Å². The van der Waals surface area contributed by atoms with Gasteiger partial charge in [-0.3, -0.25) is 4.79 Å². The molecule has 1 fully saturated rings. The maximum atomic E-state index is 12.6. The zero-order chi connectivity index (χ0) is 13.7. The third kappa shape index (κ3) is 3.00. The highest BCUT2D eigenvalue weighted by atomic mass is 16.5. The van der Waals surface area contributed by atoms with Gasteiger partial charge in [0.15, 0.2) is 11.5 Å². The lowest BCUT2D eigenvalue weighted by atomic mass is 10.1. The average Bonchev–Trinajstić information content (AvgIpc) is 2.74. The van der Waals surface area contributed by atoms with Crippen molar-refractivity contribution in [1.82, 2.24) is 4.90 Å². The van der Waals surface area contributed by atoms with Crippen molar-refractivity contribution < 1.29 is 14.3 Å². The van der Waals surface area contributed by atoms with Crippen LogP contribution >= 0.6 is 0 Å². The highest BCUT2D eigenvalue weighted by molar-refractivity contribution is 5.97. The molecule has 0 N–H and O–H groups in total. The molecule has 1 aromatic carbocycles. The van der Waals surface area contributed by atoms with Gasteiger partial charge in [0.2, 0.25) is 0 Å². The van der Waals surface area contributed by atoms with E-state index in [4.69, 9.17) is 9.47 Å². The van der Waals surface area contributed by atoms with Crippen LogP contribution in [0.2, 0.25) is 0 Å². The minimum atomic E-state index is 0.0395. The number of nitrogens with zero attached hydrogens (tertiary/aromatic N) is 1. The Morgan fingerprint density at radius 2 is 1.74 bits per heavy atom. The van der Waals surface area contributed by atoms with Crippen molar-refractivity contribution in [2.45, 2.75) is 25.7 Å². The minimum absolute atomic E-state index is 0.0395. The first-order valence-electron chi connectivity index (χ1n) is 6.78. The molecule has 0 radical (unpaired) electrons. The monoisotopic (exact) mass is 263 g/mol. The van der Waals surface area contributed by atoms with E-state index < -0.39 is 0 Å². The Morgan fingerprint density at radius 1 is 1.05 bits per heavy atom. The van der Waals surface area contributed by atoms with Crippen LogP contribution in [-0.2, 0) is 0 Å². The van der Waals surface area contributed by atoms with Gasteiger partial charge in [-0.2, -0.15) is 0 Å². The van der Waals surface area contributed by atoms with Crippen molar-refractivity contribution >= 4 is 5.91 Å².